The lowest BCUT2D eigenvalue weighted by Crippen LogP contribution is -2.13. The van der Waals surface area contributed by atoms with Crippen molar-refractivity contribution in [1.82, 2.24) is 10.1 Å². The number of benzene rings is 1. The summed E-state index contributed by atoms with van der Waals surface area (Å²) < 4.78 is 24.4. The van der Waals surface area contributed by atoms with Crippen LogP contribution in [0.1, 0.15) is 12.3 Å². The number of hydrogen-bond acceptors (Lipinski definition) is 5. The summed E-state index contributed by atoms with van der Waals surface area (Å²) in [5, 5.41) is 6.27. The molecule has 2 aromatic heterocycles. The molecule has 0 radical (unpaired) electrons. The van der Waals surface area contributed by atoms with Gasteiger partial charge in [-0.05, 0) is 30.3 Å². The molecule has 0 spiro atoms. The fourth-order valence-corrected chi connectivity index (χ4v) is 2.22. The second-order valence-electron chi connectivity index (χ2n) is 4.66. The molecule has 2 heterocycles. The van der Waals surface area contributed by atoms with Crippen molar-refractivity contribution < 1.29 is 18.1 Å². The normalized spacial score (nSPS) is 10.7. The van der Waals surface area contributed by atoms with Crippen molar-refractivity contribution in [1.29, 1.82) is 0 Å². The van der Waals surface area contributed by atoms with Gasteiger partial charge in [0.1, 0.15) is 5.82 Å². The molecule has 8 heteroatoms. The van der Waals surface area contributed by atoms with Gasteiger partial charge in [-0.15, -0.1) is 0 Å². The molecule has 0 saturated carbocycles. The van der Waals surface area contributed by atoms with Crippen LogP contribution in [0, 0.1) is 5.82 Å². The van der Waals surface area contributed by atoms with Crippen molar-refractivity contribution in [3.8, 4) is 11.6 Å². The third-order valence-electron chi connectivity index (χ3n) is 2.98. The Bertz CT molecular complexity index is 817. The minimum Gasteiger partial charge on any atom is -0.461 e. The molecular formula is C15H11BrFN3O3. The molecule has 118 valence electrons. The topological polar surface area (TPSA) is 81.2 Å². The van der Waals surface area contributed by atoms with Gasteiger partial charge in [-0.1, -0.05) is 21.1 Å². The van der Waals surface area contributed by atoms with Crippen LogP contribution in [0.15, 0.2) is 50.0 Å². The fourth-order valence-electron chi connectivity index (χ4n) is 1.89. The summed E-state index contributed by atoms with van der Waals surface area (Å²) in [7, 11) is 0. The third-order valence-corrected chi connectivity index (χ3v) is 3.47. The lowest BCUT2D eigenvalue weighted by molar-refractivity contribution is -0.116. The van der Waals surface area contributed by atoms with Crippen molar-refractivity contribution in [3.63, 3.8) is 0 Å². The number of nitrogens with zero attached hydrogens (tertiary/aromatic N) is 2. The van der Waals surface area contributed by atoms with Crippen LogP contribution in [0.25, 0.3) is 11.6 Å². The smallest absolute Gasteiger partial charge is 0.238 e. The molecule has 1 N–H and O–H groups in total. The molecule has 1 amide bonds. The Kier molecular flexibility index (Phi) is 4.52. The molecule has 0 aliphatic carbocycles. The van der Waals surface area contributed by atoms with Crippen LogP contribution in [0.2, 0.25) is 0 Å². The van der Waals surface area contributed by atoms with Crippen LogP contribution in [0.5, 0.6) is 0 Å². The Morgan fingerprint density at radius 3 is 2.96 bits per heavy atom. The summed E-state index contributed by atoms with van der Waals surface area (Å²) in [6.07, 6.45) is 1.85. The number of furan rings is 1. The number of aromatic nitrogens is 2. The van der Waals surface area contributed by atoms with Gasteiger partial charge in [0.15, 0.2) is 5.76 Å². The quantitative estimate of drug-likeness (QED) is 0.728. The third kappa shape index (κ3) is 3.84. The second-order valence-corrected chi connectivity index (χ2v) is 5.58. The van der Waals surface area contributed by atoms with Gasteiger partial charge in [0.25, 0.3) is 0 Å². The largest absolute Gasteiger partial charge is 0.461 e. The number of anilines is 1. The number of carbonyl (C=O) groups excluding carboxylic acids is 1. The van der Waals surface area contributed by atoms with Gasteiger partial charge in [0.05, 0.1) is 12.0 Å². The second kappa shape index (κ2) is 6.74. The Hall–Kier alpha value is -2.48. The van der Waals surface area contributed by atoms with E-state index in [0.29, 0.717) is 21.9 Å². The molecule has 1 aromatic carbocycles. The first-order chi connectivity index (χ1) is 11.1. The highest BCUT2D eigenvalue weighted by Gasteiger charge is 2.13. The molecule has 0 fully saturated rings. The van der Waals surface area contributed by atoms with E-state index in [2.05, 4.69) is 31.4 Å². The molecule has 0 aliphatic heterocycles. The van der Waals surface area contributed by atoms with E-state index in [9.17, 15) is 9.18 Å². The van der Waals surface area contributed by atoms with Gasteiger partial charge in [-0.25, -0.2) is 4.39 Å². The Balaban J connectivity index is 1.57. The van der Waals surface area contributed by atoms with Crippen molar-refractivity contribution in [3.05, 3.63) is 52.8 Å². The van der Waals surface area contributed by atoms with Crippen LogP contribution in [0.4, 0.5) is 10.1 Å². The summed E-state index contributed by atoms with van der Waals surface area (Å²) in [4.78, 5) is 16.0. The average molecular weight is 380 g/mol. The predicted octanol–water partition coefficient (Wildman–Crippen LogP) is 3.80. The van der Waals surface area contributed by atoms with Crippen LogP contribution in [0.3, 0.4) is 0 Å². The van der Waals surface area contributed by atoms with E-state index < -0.39 is 5.82 Å². The Morgan fingerprint density at radius 2 is 2.22 bits per heavy atom. The molecule has 3 aromatic rings. The molecule has 23 heavy (non-hydrogen) atoms. The Labute approximate surface area is 138 Å². The van der Waals surface area contributed by atoms with Gasteiger partial charge in [0, 0.05) is 17.3 Å². The monoisotopic (exact) mass is 379 g/mol. The number of hydrogen-bond donors (Lipinski definition) is 1. The summed E-state index contributed by atoms with van der Waals surface area (Å²) in [5.74, 6) is 0.267. The molecular weight excluding hydrogens is 369 g/mol. The predicted molar refractivity (Wildman–Crippen MR) is 83.1 cm³/mol. The zero-order valence-corrected chi connectivity index (χ0v) is 13.3. The molecule has 6 nitrogen and oxygen atoms in total. The van der Waals surface area contributed by atoms with E-state index >= 15 is 0 Å². The molecule has 0 bridgehead atoms. The lowest BCUT2D eigenvalue weighted by atomic mass is 10.2. The highest BCUT2D eigenvalue weighted by molar-refractivity contribution is 9.10. The van der Waals surface area contributed by atoms with Crippen LogP contribution in [-0.2, 0) is 11.2 Å². The maximum Gasteiger partial charge on any atom is 0.238 e. The maximum absolute atomic E-state index is 13.6. The first-order valence-electron chi connectivity index (χ1n) is 6.73. The number of rotatable bonds is 5. The van der Waals surface area contributed by atoms with Crippen molar-refractivity contribution in [2.75, 3.05) is 5.32 Å². The van der Waals surface area contributed by atoms with E-state index in [1.54, 1.807) is 18.2 Å². The minimum atomic E-state index is -0.509. The summed E-state index contributed by atoms with van der Waals surface area (Å²) in [5.41, 5.74) is 0.125. The van der Waals surface area contributed by atoms with Gasteiger partial charge < -0.3 is 14.3 Å². The average Bonchev–Trinajstić information content (AvgIpc) is 3.18. The summed E-state index contributed by atoms with van der Waals surface area (Å²) >= 11 is 3.15. The molecule has 0 unspecified atom stereocenters. The van der Waals surface area contributed by atoms with Gasteiger partial charge in [0.2, 0.25) is 17.6 Å². The standard InChI is InChI=1S/C15H11BrFN3O3/c16-9-3-4-11(10(17)8-9)18-13(21)5-6-14-19-15(20-23-14)12-2-1-7-22-12/h1-4,7-8H,5-6H2,(H,18,21). The van der Waals surface area contributed by atoms with E-state index in [-0.39, 0.29) is 24.4 Å². The van der Waals surface area contributed by atoms with Gasteiger partial charge in [-0.3, -0.25) is 4.79 Å². The first kappa shape index (κ1) is 15.4. The summed E-state index contributed by atoms with van der Waals surface area (Å²) in [6.45, 7) is 0. The van der Waals surface area contributed by atoms with Crippen molar-refractivity contribution >= 4 is 27.5 Å². The zero-order chi connectivity index (χ0) is 16.2. The Morgan fingerprint density at radius 1 is 1.35 bits per heavy atom. The maximum atomic E-state index is 13.6. The van der Waals surface area contributed by atoms with Crippen molar-refractivity contribution in [2.24, 2.45) is 0 Å². The highest BCUT2D eigenvalue weighted by Crippen LogP contribution is 2.20. The number of amides is 1. The van der Waals surface area contributed by atoms with Crippen LogP contribution < -0.4 is 5.32 Å². The molecule has 0 atom stereocenters. The number of nitrogens with one attached hydrogen (secondary N) is 1. The minimum absolute atomic E-state index is 0.0926. The lowest BCUT2D eigenvalue weighted by Gasteiger charge is -2.05. The van der Waals surface area contributed by atoms with E-state index in [1.807, 2.05) is 0 Å². The highest BCUT2D eigenvalue weighted by atomic mass is 79.9. The SMILES string of the molecule is O=C(CCc1nc(-c2ccco2)no1)Nc1ccc(Br)cc1F. The molecule has 3 rings (SSSR count). The van der Waals surface area contributed by atoms with E-state index in [1.165, 1.54) is 18.4 Å². The van der Waals surface area contributed by atoms with Gasteiger partial charge >= 0.3 is 0 Å². The number of halogens is 2. The molecule has 0 aliphatic rings. The van der Waals surface area contributed by atoms with Gasteiger partial charge in [-0.2, -0.15) is 4.98 Å². The van der Waals surface area contributed by atoms with E-state index in [4.69, 9.17) is 8.94 Å². The fraction of sp³-hybridized carbons (Fsp3) is 0.133. The van der Waals surface area contributed by atoms with E-state index in [0.717, 1.165) is 0 Å². The first-order valence-corrected chi connectivity index (χ1v) is 7.52. The summed E-state index contributed by atoms with van der Waals surface area (Å²) in [6, 6.07) is 7.83. The zero-order valence-electron chi connectivity index (χ0n) is 11.8. The van der Waals surface area contributed by atoms with Crippen LogP contribution in [-0.4, -0.2) is 16.0 Å². The number of carbonyl (C=O) groups is 1. The molecule has 0 saturated heterocycles. The van der Waals surface area contributed by atoms with Crippen molar-refractivity contribution in [2.45, 2.75) is 12.8 Å². The number of aryl methyl sites for hydroxylation is 1. The van der Waals surface area contributed by atoms with Crippen LogP contribution >= 0.6 is 15.9 Å².